The third kappa shape index (κ3) is 7.10. The van der Waals surface area contributed by atoms with Crippen LogP contribution in [0.2, 0.25) is 0 Å². The van der Waals surface area contributed by atoms with Crippen LogP contribution >= 0.6 is 0 Å². The molecule has 0 aliphatic rings. The third-order valence-corrected chi connectivity index (χ3v) is 2.69. The fourth-order valence-corrected chi connectivity index (χ4v) is 1.58. The summed E-state index contributed by atoms with van der Waals surface area (Å²) in [6.45, 7) is 4.50. The summed E-state index contributed by atoms with van der Waals surface area (Å²) in [5.74, 6) is 0.0474. The van der Waals surface area contributed by atoms with Gasteiger partial charge in [-0.3, -0.25) is 4.79 Å². The van der Waals surface area contributed by atoms with E-state index in [9.17, 15) is 14.7 Å². The second-order valence-corrected chi connectivity index (χ2v) is 5.89. The van der Waals surface area contributed by atoms with Gasteiger partial charge in [0.2, 0.25) is 0 Å². The van der Waals surface area contributed by atoms with Crippen LogP contribution < -0.4 is 15.5 Å². The number of ether oxygens (including phenoxy) is 2. The number of nitrogens with zero attached hydrogens (tertiary/aromatic N) is 1. The number of aliphatic hydroxyl groups excluding tert-OH is 1. The molecule has 0 unspecified atom stereocenters. The van der Waals surface area contributed by atoms with Crippen molar-refractivity contribution in [2.45, 2.75) is 32.4 Å². The van der Waals surface area contributed by atoms with Crippen molar-refractivity contribution in [2.24, 2.45) is 5.10 Å². The molecule has 2 amide bonds. The number of hydrogen-bond donors (Lipinski definition) is 3. The van der Waals surface area contributed by atoms with Crippen molar-refractivity contribution in [1.29, 1.82) is 0 Å². The number of carbonyl (C=O) groups excluding carboxylic acids is 2. The summed E-state index contributed by atoms with van der Waals surface area (Å²) >= 11 is 0. The van der Waals surface area contributed by atoms with Crippen LogP contribution in [0.5, 0.6) is 5.75 Å². The summed E-state index contributed by atoms with van der Waals surface area (Å²) in [6.07, 6.45) is 0.634. The molecule has 0 saturated carbocycles. The topological polar surface area (TPSA) is 109 Å². The first kappa shape index (κ1) is 19.4. The Bertz CT molecular complexity index is 578. The Morgan fingerprint density at radius 2 is 1.92 bits per heavy atom. The highest BCUT2D eigenvalue weighted by Gasteiger charge is 2.23. The molecular formula is C16H23N3O5. The van der Waals surface area contributed by atoms with E-state index in [1.165, 1.54) is 6.21 Å². The van der Waals surface area contributed by atoms with Gasteiger partial charge in [0.05, 0.1) is 19.9 Å². The van der Waals surface area contributed by atoms with Crippen LogP contribution in [0.1, 0.15) is 26.3 Å². The van der Waals surface area contributed by atoms with E-state index in [0.29, 0.717) is 5.75 Å². The van der Waals surface area contributed by atoms with Crippen LogP contribution in [-0.4, -0.2) is 48.7 Å². The molecule has 8 heteroatoms. The molecule has 1 aromatic carbocycles. The lowest BCUT2D eigenvalue weighted by Gasteiger charge is -2.21. The number of methoxy groups -OCH3 is 1. The Labute approximate surface area is 140 Å². The molecule has 132 valence electrons. The molecule has 1 aromatic rings. The minimum absolute atomic E-state index is 0.580. The number of hydrogen-bond acceptors (Lipinski definition) is 6. The van der Waals surface area contributed by atoms with Crippen LogP contribution in [0.4, 0.5) is 4.79 Å². The van der Waals surface area contributed by atoms with E-state index in [1.807, 2.05) is 0 Å². The lowest BCUT2D eigenvalue weighted by Crippen LogP contribution is -2.49. The summed E-state index contributed by atoms with van der Waals surface area (Å²) < 4.78 is 10.1. The lowest BCUT2D eigenvalue weighted by molar-refractivity contribution is -0.124. The maximum absolute atomic E-state index is 11.9. The Morgan fingerprint density at radius 1 is 1.29 bits per heavy atom. The third-order valence-electron chi connectivity index (χ3n) is 2.69. The highest BCUT2D eigenvalue weighted by molar-refractivity contribution is 5.87. The van der Waals surface area contributed by atoms with Crippen molar-refractivity contribution in [3.8, 4) is 5.75 Å². The Hall–Kier alpha value is -2.61. The zero-order valence-corrected chi connectivity index (χ0v) is 14.2. The van der Waals surface area contributed by atoms with Gasteiger partial charge in [-0.2, -0.15) is 5.10 Å². The van der Waals surface area contributed by atoms with E-state index in [2.05, 4.69) is 15.8 Å². The zero-order valence-electron chi connectivity index (χ0n) is 14.2. The van der Waals surface area contributed by atoms with Crippen molar-refractivity contribution >= 4 is 18.2 Å². The van der Waals surface area contributed by atoms with Crippen molar-refractivity contribution < 1.29 is 24.2 Å². The van der Waals surface area contributed by atoms with Gasteiger partial charge in [-0.1, -0.05) is 0 Å². The number of alkyl carbamates (subject to hydrolysis) is 1. The smallest absolute Gasteiger partial charge is 0.408 e. The van der Waals surface area contributed by atoms with Gasteiger partial charge in [0.15, 0.2) is 0 Å². The van der Waals surface area contributed by atoms with Crippen LogP contribution in [-0.2, 0) is 9.53 Å². The molecule has 0 bridgehead atoms. The number of amides is 2. The highest BCUT2D eigenvalue weighted by atomic mass is 16.6. The molecule has 0 aliphatic carbocycles. The van der Waals surface area contributed by atoms with Gasteiger partial charge >= 0.3 is 6.09 Å². The van der Waals surface area contributed by atoms with Crippen molar-refractivity contribution in [3.05, 3.63) is 29.8 Å². The summed E-state index contributed by atoms with van der Waals surface area (Å²) in [5, 5.41) is 15.3. The maximum atomic E-state index is 11.9. The number of aliphatic hydroxyl groups is 1. The molecule has 0 aromatic heterocycles. The molecule has 1 rings (SSSR count). The molecule has 8 nitrogen and oxygen atoms in total. The van der Waals surface area contributed by atoms with E-state index in [-0.39, 0.29) is 0 Å². The Morgan fingerprint density at radius 3 is 2.42 bits per heavy atom. The van der Waals surface area contributed by atoms with Gasteiger partial charge in [0.25, 0.3) is 5.91 Å². The molecule has 0 heterocycles. The first-order chi connectivity index (χ1) is 11.2. The first-order valence-electron chi connectivity index (χ1n) is 7.32. The summed E-state index contributed by atoms with van der Waals surface area (Å²) in [4.78, 5) is 23.5. The molecule has 3 N–H and O–H groups in total. The summed E-state index contributed by atoms with van der Waals surface area (Å²) in [7, 11) is 1.57. The first-order valence-corrected chi connectivity index (χ1v) is 7.32. The molecule has 0 saturated heterocycles. The minimum atomic E-state index is -1.16. The van der Waals surface area contributed by atoms with Crippen molar-refractivity contribution in [2.75, 3.05) is 13.7 Å². The predicted octanol–water partition coefficient (Wildman–Crippen LogP) is 1.03. The number of hydrazone groups is 1. The quantitative estimate of drug-likeness (QED) is 0.531. The van der Waals surface area contributed by atoms with Gasteiger partial charge in [-0.05, 0) is 50.6 Å². The van der Waals surface area contributed by atoms with E-state index in [0.717, 1.165) is 5.56 Å². The predicted molar refractivity (Wildman–Crippen MR) is 89.0 cm³/mol. The van der Waals surface area contributed by atoms with Gasteiger partial charge < -0.3 is 19.9 Å². The second kappa shape index (κ2) is 8.88. The van der Waals surface area contributed by atoms with E-state index in [4.69, 9.17) is 9.47 Å². The van der Waals surface area contributed by atoms with Crippen molar-refractivity contribution in [1.82, 2.24) is 10.7 Å². The standard InChI is InChI=1S/C16H23N3O5/c1-16(2,3)24-15(22)18-13(10-20)14(21)19-17-9-11-5-7-12(23-4)8-6-11/h5-9,13,20H,10H2,1-4H3,(H,18,22)(H,19,21)/b17-9+/t13-/m0/s1. The molecule has 24 heavy (non-hydrogen) atoms. The monoisotopic (exact) mass is 337 g/mol. The van der Waals surface area contributed by atoms with Gasteiger partial charge in [-0.25, -0.2) is 10.2 Å². The number of carbonyl (C=O) groups is 2. The molecular weight excluding hydrogens is 314 g/mol. The Kier molecular flexibility index (Phi) is 7.19. The van der Waals surface area contributed by atoms with Crippen LogP contribution in [0.25, 0.3) is 0 Å². The average Bonchev–Trinajstić information content (AvgIpc) is 2.51. The lowest BCUT2D eigenvalue weighted by atomic mass is 10.2. The SMILES string of the molecule is COc1ccc(/C=N/NC(=O)[C@H](CO)NC(=O)OC(C)(C)C)cc1. The van der Waals surface area contributed by atoms with Gasteiger partial charge in [0, 0.05) is 0 Å². The molecule has 0 fully saturated rings. The Balaban J connectivity index is 2.54. The number of nitrogens with one attached hydrogen (secondary N) is 2. The van der Waals surface area contributed by atoms with E-state index in [1.54, 1.807) is 52.1 Å². The molecule has 0 spiro atoms. The summed E-state index contributed by atoms with van der Waals surface area (Å²) in [6, 6.07) is 5.87. The van der Waals surface area contributed by atoms with Gasteiger partial charge in [0.1, 0.15) is 17.4 Å². The van der Waals surface area contributed by atoms with E-state index < -0.39 is 30.3 Å². The maximum Gasteiger partial charge on any atom is 0.408 e. The minimum Gasteiger partial charge on any atom is -0.497 e. The van der Waals surface area contributed by atoms with Crippen LogP contribution in [0.3, 0.4) is 0 Å². The number of rotatable bonds is 6. The zero-order chi connectivity index (χ0) is 18.2. The molecule has 0 radical (unpaired) electrons. The fourth-order valence-electron chi connectivity index (χ4n) is 1.58. The summed E-state index contributed by atoms with van der Waals surface area (Å²) in [5.41, 5.74) is 2.29. The number of benzene rings is 1. The van der Waals surface area contributed by atoms with Gasteiger partial charge in [-0.15, -0.1) is 0 Å². The van der Waals surface area contributed by atoms with Crippen molar-refractivity contribution in [3.63, 3.8) is 0 Å². The van der Waals surface area contributed by atoms with E-state index >= 15 is 0 Å². The largest absolute Gasteiger partial charge is 0.497 e. The molecule has 0 aliphatic heterocycles. The average molecular weight is 337 g/mol. The van der Waals surface area contributed by atoms with Crippen LogP contribution in [0, 0.1) is 0 Å². The highest BCUT2D eigenvalue weighted by Crippen LogP contribution is 2.09. The molecule has 1 atom stereocenters. The van der Waals surface area contributed by atoms with Crippen LogP contribution in [0.15, 0.2) is 29.4 Å². The normalized spacial score (nSPS) is 12.5. The second-order valence-electron chi connectivity index (χ2n) is 5.89. The fraction of sp³-hybridized carbons (Fsp3) is 0.438.